The molecule has 0 aliphatic rings. The summed E-state index contributed by atoms with van der Waals surface area (Å²) < 4.78 is 8.87. The summed E-state index contributed by atoms with van der Waals surface area (Å²) in [6.07, 6.45) is 1.86. The number of aromatic nitrogens is 4. The number of rotatable bonds is 12. The molecule has 0 aliphatic carbocycles. The number of fused-ring (bicyclic) bond motifs is 1. The first kappa shape index (κ1) is 23.8. The van der Waals surface area contributed by atoms with Gasteiger partial charge in [0.25, 0.3) is 5.56 Å². The van der Waals surface area contributed by atoms with Crippen molar-refractivity contribution in [2.75, 3.05) is 33.4 Å². The van der Waals surface area contributed by atoms with Crippen LogP contribution < -0.4 is 11.2 Å². The number of unbranched alkanes of at least 4 members (excludes halogenated alkanes) is 1. The number of carbonyl (C=O) groups excluding carboxylic acids is 1. The molecule has 0 radical (unpaired) electrons. The van der Waals surface area contributed by atoms with Gasteiger partial charge in [0.05, 0.1) is 32.2 Å². The number of nitrogens with zero attached hydrogens (tertiary/aromatic N) is 5. The van der Waals surface area contributed by atoms with Gasteiger partial charge in [-0.2, -0.15) is 0 Å². The molecule has 0 spiro atoms. The van der Waals surface area contributed by atoms with Crippen LogP contribution in [0.25, 0.3) is 11.2 Å². The lowest BCUT2D eigenvalue weighted by Crippen LogP contribution is -2.40. The highest BCUT2D eigenvalue weighted by molar-refractivity contribution is 5.70. The second-order valence-electron chi connectivity index (χ2n) is 7.27. The van der Waals surface area contributed by atoms with E-state index in [0.717, 1.165) is 4.57 Å². The molecular formula is C19H31N5O6. The number of aryl methyl sites for hydroxylation is 1. The van der Waals surface area contributed by atoms with Crippen LogP contribution in [0.2, 0.25) is 0 Å². The van der Waals surface area contributed by atoms with E-state index in [1.807, 2.05) is 0 Å². The van der Waals surface area contributed by atoms with Gasteiger partial charge in [-0.25, -0.2) is 9.78 Å². The van der Waals surface area contributed by atoms with E-state index < -0.39 is 17.4 Å². The average Bonchev–Trinajstić information content (AvgIpc) is 3.09. The van der Waals surface area contributed by atoms with E-state index in [1.165, 1.54) is 10.9 Å². The fourth-order valence-corrected chi connectivity index (χ4v) is 3.34. The van der Waals surface area contributed by atoms with Gasteiger partial charge in [-0.3, -0.25) is 18.7 Å². The first-order chi connectivity index (χ1) is 14.3. The van der Waals surface area contributed by atoms with E-state index in [9.17, 15) is 19.5 Å². The minimum atomic E-state index is -0.784. The van der Waals surface area contributed by atoms with Crippen LogP contribution in [-0.2, 0) is 29.7 Å². The van der Waals surface area contributed by atoms with Gasteiger partial charge in [-0.1, -0.05) is 0 Å². The topological polar surface area (TPSA) is 132 Å². The normalized spacial score (nSPS) is 12.6. The average molecular weight is 425 g/mol. The Hall–Kier alpha value is -2.50. The molecule has 0 saturated heterocycles. The predicted octanol–water partition coefficient (Wildman–Crippen LogP) is -1.08. The fraction of sp³-hybridized carbons (Fsp3) is 0.684. The molecule has 0 bridgehead atoms. The lowest BCUT2D eigenvalue weighted by molar-refractivity contribution is -0.143. The van der Waals surface area contributed by atoms with Gasteiger partial charge >= 0.3 is 11.7 Å². The van der Waals surface area contributed by atoms with Gasteiger partial charge in [0.2, 0.25) is 0 Å². The molecule has 0 fully saturated rings. The summed E-state index contributed by atoms with van der Waals surface area (Å²) >= 11 is 0. The minimum Gasteiger partial charge on any atom is -0.466 e. The van der Waals surface area contributed by atoms with Crippen LogP contribution >= 0.6 is 0 Å². The number of aliphatic hydroxyl groups is 2. The zero-order valence-electron chi connectivity index (χ0n) is 17.8. The molecule has 11 nitrogen and oxygen atoms in total. The highest BCUT2D eigenvalue weighted by Gasteiger charge is 2.18. The van der Waals surface area contributed by atoms with Gasteiger partial charge in [-0.15, -0.1) is 0 Å². The van der Waals surface area contributed by atoms with Crippen LogP contribution in [0.4, 0.5) is 0 Å². The highest BCUT2D eigenvalue weighted by atomic mass is 16.5. The lowest BCUT2D eigenvalue weighted by Gasteiger charge is -2.20. The molecule has 1 unspecified atom stereocenters. The first-order valence-corrected chi connectivity index (χ1v) is 10.1. The van der Waals surface area contributed by atoms with Crippen molar-refractivity contribution in [2.24, 2.45) is 7.05 Å². The van der Waals surface area contributed by atoms with E-state index in [4.69, 9.17) is 9.84 Å². The van der Waals surface area contributed by atoms with Crippen LogP contribution in [0.3, 0.4) is 0 Å². The van der Waals surface area contributed by atoms with Gasteiger partial charge in [0.1, 0.15) is 0 Å². The molecule has 0 aliphatic heterocycles. The standard InChI is InChI=1S/C19H31N5O6/c1-4-30-15(27)7-5-6-8-24-18(28)16-17(22(3)19(24)29)20-13-23(16)12-14(26)11-21(2)9-10-25/h13-14,25-26H,4-12H2,1-3H3. The maximum atomic E-state index is 13.0. The molecule has 168 valence electrons. The Morgan fingerprint density at radius 3 is 2.73 bits per heavy atom. The van der Waals surface area contributed by atoms with Crippen LogP contribution in [-0.4, -0.2) is 79.2 Å². The number of ether oxygens (including phenoxy) is 1. The fourth-order valence-electron chi connectivity index (χ4n) is 3.34. The summed E-state index contributed by atoms with van der Waals surface area (Å²) in [5.41, 5.74) is -0.454. The zero-order valence-corrected chi connectivity index (χ0v) is 17.8. The molecule has 2 aromatic rings. The number of carbonyl (C=O) groups is 1. The third-order valence-corrected chi connectivity index (χ3v) is 4.83. The molecule has 2 N–H and O–H groups in total. The molecule has 2 heterocycles. The summed E-state index contributed by atoms with van der Waals surface area (Å²) in [6.45, 7) is 3.09. The van der Waals surface area contributed by atoms with Crippen LogP contribution in [0.1, 0.15) is 26.2 Å². The SMILES string of the molecule is CCOC(=O)CCCCn1c(=O)c2c(ncn2CC(O)CN(C)CCO)n(C)c1=O. The molecule has 0 saturated carbocycles. The monoisotopic (exact) mass is 425 g/mol. The Morgan fingerprint density at radius 2 is 2.07 bits per heavy atom. The summed E-state index contributed by atoms with van der Waals surface area (Å²) in [5, 5.41) is 19.3. The van der Waals surface area contributed by atoms with Crippen LogP contribution in [0.5, 0.6) is 0 Å². The maximum Gasteiger partial charge on any atom is 0.332 e. The van der Waals surface area contributed by atoms with Gasteiger partial charge in [-0.05, 0) is 26.8 Å². The minimum absolute atomic E-state index is 0.0137. The van der Waals surface area contributed by atoms with Crippen molar-refractivity contribution in [1.82, 2.24) is 23.6 Å². The third-order valence-electron chi connectivity index (χ3n) is 4.83. The van der Waals surface area contributed by atoms with Crippen LogP contribution in [0.15, 0.2) is 15.9 Å². The smallest absolute Gasteiger partial charge is 0.332 e. The molecule has 2 aromatic heterocycles. The number of esters is 1. The van der Waals surface area contributed by atoms with Crippen molar-refractivity contribution < 1.29 is 19.7 Å². The Balaban J connectivity index is 2.20. The van der Waals surface area contributed by atoms with Crippen molar-refractivity contribution >= 4 is 17.1 Å². The maximum absolute atomic E-state index is 13.0. The second-order valence-corrected chi connectivity index (χ2v) is 7.27. The van der Waals surface area contributed by atoms with Gasteiger partial charge in [0, 0.05) is 33.1 Å². The Bertz CT molecular complexity index is 963. The summed E-state index contributed by atoms with van der Waals surface area (Å²) in [5.74, 6) is -0.300. The lowest BCUT2D eigenvalue weighted by atomic mass is 10.2. The zero-order chi connectivity index (χ0) is 22.3. The van der Waals surface area contributed by atoms with E-state index in [1.54, 1.807) is 30.5 Å². The number of likely N-dealkylation sites (N-methyl/N-ethyl adjacent to an activating group) is 1. The number of hydrogen-bond donors (Lipinski definition) is 2. The van der Waals surface area contributed by atoms with Crippen molar-refractivity contribution in [3.05, 3.63) is 27.2 Å². The largest absolute Gasteiger partial charge is 0.466 e. The predicted molar refractivity (Wildman–Crippen MR) is 110 cm³/mol. The third kappa shape index (κ3) is 5.77. The van der Waals surface area contributed by atoms with E-state index >= 15 is 0 Å². The van der Waals surface area contributed by atoms with Gasteiger partial charge in [0.15, 0.2) is 11.2 Å². The van der Waals surface area contributed by atoms with E-state index in [0.29, 0.717) is 32.5 Å². The number of aliphatic hydroxyl groups excluding tert-OH is 2. The molecule has 0 aromatic carbocycles. The van der Waals surface area contributed by atoms with Crippen molar-refractivity contribution in [1.29, 1.82) is 0 Å². The molecule has 1 atom stereocenters. The summed E-state index contributed by atoms with van der Waals surface area (Å²) in [7, 11) is 3.32. The van der Waals surface area contributed by atoms with Crippen molar-refractivity contribution in [3.63, 3.8) is 0 Å². The van der Waals surface area contributed by atoms with Crippen molar-refractivity contribution in [3.8, 4) is 0 Å². The van der Waals surface area contributed by atoms with E-state index in [-0.39, 0.29) is 43.3 Å². The summed E-state index contributed by atoms with van der Waals surface area (Å²) in [6, 6.07) is 0. The summed E-state index contributed by atoms with van der Waals surface area (Å²) in [4.78, 5) is 43.0. The quantitative estimate of drug-likeness (QED) is 0.324. The number of imidazole rings is 1. The highest BCUT2D eigenvalue weighted by Crippen LogP contribution is 2.08. The molecule has 30 heavy (non-hydrogen) atoms. The van der Waals surface area contributed by atoms with Crippen molar-refractivity contribution in [2.45, 2.75) is 45.4 Å². The molecule has 11 heteroatoms. The Kier molecular flexibility index (Phi) is 8.75. The number of hydrogen-bond acceptors (Lipinski definition) is 8. The second kappa shape index (κ2) is 11.0. The molecule has 2 rings (SSSR count). The Morgan fingerprint density at radius 1 is 1.33 bits per heavy atom. The first-order valence-electron chi connectivity index (χ1n) is 10.1. The Labute approximate surface area is 174 Å². The van der Waals surface area contributed by atoms with E-state index in [2.05, 4.69) is 4.98 Å². The molecule has 0 amide bonds. The molecular weight excluding hydrogens is 394 g/mol. The van der Waals surface area contributed by atoms with Crippen LogP contribution in [0, 0.1) is 0 Å². The van der Waals surface area contributed by atoms with Gasteiger partial charge < -0.3 is 24.4 Å².